The number of nitrogens with two attached hydrogens (primary N) is 1. The molecule has 2 nitrogen and oxygen atoms in total. The van der Waals surface area contributed by atoms with Crippen molar-refractivity contribution in [2.75, 3.05) is 6.61 Å². The monoisotopic (exact) mass is 225 g/mol. The predicted molar refractivity (Wildman–Crippen MR) is 62.0 cm³/mol. The third kappa shape index (κ3) is 2.03. The molecule has 82 valence electrons. The molecule has 0 spiro atoms. The first kappa shape index (κ1) is 10.9. The Bertz CT molecular complexity index is 347. The van der Waals surface area contributed by atoms with Crippen LogP contribution in [0.1, 0.15) is 31.4 Å². The van der Waals surface area contributed by atoms with Gasteiger partial charge in [0.2, 0.25) is 0 Å². The van der Waals surface area contributed by atoms with E-state index in [1.54, 1.807) is 0 Å². The summed E-state index contributed by atoms with van der Waals surface area (Å²) in [4.78, 5) is 0. The Labute approximate surface area is 95.4 Å². The van der Waals surface area contributed by atoms with Gasteiger partial charge < -0.3 is 10.5 Å². The summed E-state index contributed by atoms with van der Waals surface area (Å²) >= 11 is 6.12. The number of benzene rings is 1. The van der Waals surface area contributed by atoms with Gasteiger partial charge in [-0.25, -0.2) is 0 Å². The molecule has 0 amide bonds. The normalized spacial score (nSPS) is 27.9. The van der Waals surface area contributed by atoms with Crippen LogP contribution >= 0.6 is 11.6 Å². The molecule has 1 aromatic rings. The summed E-state index contributed by atoms with van der Waals surface area (Å²) in [7, 11) is 0. The highest BCUT2D eigenvalue weighted by Gasteiger charge is 2.37. The van der Waals surface area contributed by atoms with Crippen LogP contribution in [0.4, 0.5) is 0 Å². The van der Waals surface area contributed by atoms with Gasteiger partial charge in [-0.15, -0.1) is 0 Å². The molecular formula is C12H16ClNO. The number of hydrogen-bond acceptors (Lipinski definition) is 2. The van der Waals surface area contributed by atoms with Crippen molar-refractivity contribution < 1.29 is 4.74 Å². The fraction of sp³-hybridized carbons (Fsp3) is 0.500. The molecule has 0 bridgehead atoms. The minimum atomic E-state index is -0.259. The lowest BCUT2D eigenvalue weighted by Crippen LogP contribution is -2.37. The summed E-state index contributed by atoms with van der Waals surface area (Å²) in [5.41, 5.74) is 6.94. The minimum Gasteiger partial charge on any atom is -0.373 e. The Kier molecular flexibility index (Phi) is 3.01. The molecule has 1 fully saturated rings. The molecule has 15 heavy (non-hydrogen) atoms. The number of halogens is 1. The second kappa shape index (κ2) is 4.12. The molecule has 0 aliphatic carbocycles. The van der Waals surface area contributed by atoms with Crippen molar-refractivity contribution in [3.05, 3.63) is 34.9 Å². The van der Waals surface area contributed by atoms with Crippen LogP contribution in [-0.2, 0) is 4.74 Å². The quantitative estimate of drug-likeness (QED) is 0.840. The molecule has 2 unspecified atom stereocenters. The third-order valence-electron chi connectivity index (χ3n) is 3.15. The lowest BCUT2D eigenvalue weighted by Gasteiger charge is -2.31. The van der Waals surface area contributed by atoms with E-state index in [0.717, 1.165) is 30.0 Å². The first-order valence-corrected chi connectivity index (χ1v) is 5.65. The van der Waals surface area contributed by atoms with E-state index in [-0.39, 0.29) is 11.6 Å². The van der Waals surface area contributed by atoms with E-state index in [2.05, 4.69) is 6.92 Å². The molecule has 0 saturated carbocycles. The van der Waals surface area contributed by atoms with Crippen molar-refractivity contribution in [3.8, 4) is 0 Å². The van der Waals surface area contributed by atoms with E-state index >= 15 is 0 Å². The average Bonchev–Trinajstić information content (AvgIpc) is 2.66. The largest absolute Gasteiger partial charge is 0.373 e. The van der Waals surface area contributed by atoms with Crippen LogP contribution in [0.25, 0.3) is 0 Å². The van der Waals surface area contributed by atoms with E-state index in [9.17, 15) is 0 Å². The zero-order valence-electron chi connectivity index (χ0n) is 8.87. The lowest BCUT2D eigenvalue weighted by molar-refractivity contribution is -0.00171. The van der Waals surface area contributed by atoms with Crippen LogP contribution in [0.5, 0.6) is 0 Å². The van der Waals surface area contributed by atoms with Gasteiger partial charge in [-0.3, -0.25) is 0 Å². The standard InChI is InChI=1S/C12H16ClNO/c1-12(7-4-8-15-12)11(14)9-5-2-3-6-10(9)13/h2-3,5-6,11H,4,7-8,14H2,1H3. The summed E-state index contributed by atoms with van der Waals surface area (Å²) in [5.74, 6) is 0. The second-order valence-corrected chi connectivity index (χ2v) is 4.67. The molecular weight excluding hydrogens is 210 g/mol. The fourth-order valence-electron chi connectivity index (χ4n) is 2.10. The SMILES string of the molecule is CC1(C(N)c2ccccc2Cl)CCCO1. The van der Waals surface area contributed by atoms with Gasteiger partial charge in [-0.2, -0.15) is 0 Å². The second-order valence-electron chi connectivity index (χ2n) is 4.26. The summed E-state index contributed by atoms with van der Waals surface area (Å²) in [6.07, 6.45) is 2.08. The molecule has 2 N–H and O–H groups in total. The van der Waals surface area contributed by atoms with Crippen LogP contribution in [0, 0.1) is 0 Å². The van der Waals surface area contributed by atoms with Gasteiger partial charge >= 0.3 is 0 Å². The molecule has 0 aromatic heterocycles. The van der Waals surface area contributed by atoms with Gasteiger partial charge in [-0.05, 0) is 31.4 Å². The molecule has 1 heterocycles. The Hall–Kier alpha value is -0.570. The Balaban J connectivity index is 2.27. The zero-order valence-corrected chi connectivity index (χ0v) is 9.63. The molecule has 2 rings (SSSR count). The lowest BCUT2D eigenvalue weighted by atomic mass is 9.88. The fourth-order valence-corrected chi connectivity index (χ4v) is 2.36. The Morgan fingerprint density at radius 3 is 2.80 bits per heavy atom. The van der Waals surface area contributed by atoms with Crippen molar-refractivity contribution in [2.45, 2.75) is 31.4 Å². The number of rotatable bonds is 2. The van der Waals surface area contributed by atoms with Gasteiger partial charge in [0.05, 0.1) is 11.6 Å². The van der Waals surface area contributed by atoms with E-state index in [4.69, 9.17) is 22.1 Å². The van der Waals surface area contributed by atoms with Crippen molar-refractivity contribution in [1.82, 2.24) is 0 Å². The van der Waals surface area contributed by atoms with Crippen molar-refractivity contribution in [2.24, 2.45) is 5.73 Å². The summed E-state index contributed by atoms with van der Waals surface area (Å²) in [6, 6.07) is 7.57. The van der Waals surface area contributed by atoms with Crippen LogP contribution < -0.4 is 5.73 Å². The topological polar surface area (TPSA) is 35.2 Å². The highest BCUT2D eigenvalue weighted by molar-refractivity contribution is 6.31. The van der Waals surface area contributed by atoms with Crippen molar-refractivity contribution >= 4 is 11.6 Å². The molecule has 0 radical (unpaired) electrons. The minimum absolute atomic E-state index is 0.145. The summed E-state index contributed by atoms with van der Waals surface area (Å²) in [5, 5.41) is 0.724. The van der Waals surface area contributed by atoms with Crippen LogP contribution in [0.3, 0.4) is 0 Å². The molecule has 1 aliphatic rings. The van der Waals surface area contributed by atoms with Gasteiger partial charge in [0.1, 0.15) is 0 Å². The Morgan fingerprint density at radius 1 is 1.47 bits per heavy atom. The summed E-state index contributed by atoms with van der Waals surface area (Å²) < 4.78 is 5.73. The van der Waals surface area contributed by atoms with E-state index in [1.807, 2.05) is 24.3 Å². The molecule has 2 atom stereocenters. The van der Waals surface area contributed by atoms with Gasteiger partial charge in [-0.1, -0.05) is 29.8 Å². The van der Waals surface area contributed by atoms with E-state index in [1.165, 1.54) is 0 Å². The average molecular weight is 226 g/mol. The van der Waals surface area contributed by atoms with Crippen LogP contribution in [0.2, 0.25) is 5.02 Å². The van der Waals surface area contributed by atoms with Gasteiger partial charge in [0.25, 0.3) is 0 Å². The van der Waals surface area contributed by atoms with E-state index < -0.39 is 0 Å². The molecule has 1 aliphatic heterocycles. The van der Waals surface area contributed by atoms with E-state index in [0.29, 0.717) is 0 Å². The predicted octanol–water partition coefficient (Wildman–Crippen LogP) is 2.91. The van der Waals surface area contributed by atoms with Gasteiger partial charge in [0, 0.05) is 11.6 Å². The molecule has 1 saturated heterocycles. The maximum absolute atomic E-state index is 6.23. The molecule has 3 heteroatoms. The zero-order chi connectivity index (χ0) is 10.9. The maximum atomic E-state index is 6.23. The summed E-state index contributed by atoms with van der Waals surface area (Å²) in [6.45, 7) is 2.86. The maximum Gasteiger partial charge on any atom is 0.0847 e. The highest BCUT2D eigenvalue weighted by atomic mass is 35.5. The number of ether oxygens (including phenoxy) is 1. The molecule has 1 aromatic carbocycles. The van der Waals surface area contributed by atoms with Gasteiger partial charge in [0.15, 0.2) is 0 Å². The number of hydrogen-bond donors (Lipinski definition) is 1. The van der Waals surface area contributed by atoms with Crippen LogP contribution in [0.15, 0.2) is 24.3 Å². The Morgan fingerprint density at radius 2 is 2.20 bits per heavy atom. The van der Waals surface area contributed by atoms with Crippen molar-refractivity contribution in [3.63, 3.8) is 0 Å². The van der Waals surface area contributed by atoms with Crippen molar-refractivity contribution in [1.29, 1.82) is 0 Å². The highest BCUT2D eigenvalue weighted by Crippen LogP contribution is 2.37. The smallest absolute Gasteiger partial charge is 0.0847 e. The third-order valence-corrected chi connectivity index (χ3v) is 3.49. The first-order valence-electron chi connectivity index (χ1n) is 5.27. The first-order chi connectivity index (χ1) is 7.13. The van der Waals surface area contributed by atoms with Crippen LogP contribution in [-0.4, -0.2) is 12.2 Å².